The molecule has 0 atom stereocenters. The van der Waals surface area contributed by atoms with E-state index in [0.717, 1.165) is 0 Å². The van der Waals surface area contributed by atoms with Crippen LogP contribution in [0.15, 0.2) is 30.5 Å². The molecule has 1 aromatic carbocycles. The van der Waals surface area contributed by atoms with Crippen molar-refractivity contribution in [1.82, 2.24) is 9.55 Å². The summed E-state index contributed by atoms with van der Waals surface area (Å²) in [5, 5.41) is 11.7. The Kier molecular flexibility index (Phi) is 4.22. The number of hydrogen-bond acceptors (Lipinski definition) is 4. The topological polar surface area (TPSA) is 93.5 Å². The quantitative estimate of drug-likeness (QED) is 0.870. The van der Waals surface area contributed by atoms with Crippen LogP contribution in [0.2, 0.25) is 0 Å². The summed E-state index contributed by atoms with van der Waals surface area (Å²) in [6.07, 6.45) is 1.23. The van der Waals surface area contributed by atoms with E-state index in [9.17, 15) is 9.59 Å². The van der Waals surface area contributed by atoms with E-state index in [-0.39, 0.29) is 18.1 Å². The second-order valence-corrected chi connectivity index (χ2v) is 4.36. The monoisotopic (exact) mass is 289 g/mol. The fourth-order valence-corrected chi connectivity index (χ4v) is 1.86. The van der Waals surface area contributed by atoms with Gasteiger partial charge in [0.1, 0.15) is 23.8 Å². The Balaban J connectivity index is 2.08. The van der Waals surface area contributed by atoms with Crippen molar-refractivity contribution in [3.8, 4) is 5.75 Å². The zero-order valence-corrected chi connectivity index (χ0v) is 11.7. The number of ether oxygens (including phenoxy) is 1. The number of anilines is 1. The zero-order valence-electron chi connectivity index (χ0n) is 11.7. The van der Waals surface area contributed by atoms with Gasteiger partial charge in [-0.05, 0) is 31.2 Å². The molecule has 1 amide bonds. The van der Waals surface area contributed by atoms with E-state index in [4.69, 9.17) is 9.84 Å². The highest BCUT2D eigenvalue weighted by Crippen LogP contribution is 2.15. The molecule has 21 heavy (non-hydrogen) atoms. The van der Waals surface area contributed by atoms with Gasteiger partial charge in [-0.1, -0.05) is 0 Å². The summed E-state index contributed by atoms with van der Waals surface area (Å²) in [4.78, 5) is 26.9. The van der Waals surface area contributed by atoms with E-state index < -0.39 is 5.97 Å². The van der Waals surface area contributed by atoms with E-state index in [1.54, 1.807) is 38.3 Å². The number of nitrogens with one attached hydrogen (secondary N) is 1. The van der Waals surface area contributed by atoms with Gasteiger partial charge in [0.25, 0.3) is 0 Å². The first-order valence-electron chi connectivity index (χ1n) is 6.20. The zero-order chi connectivity index (χ0) is 15.4. The highest BCUT2D eigenvalue weighted by molar-refractivity contribution is 5.92. The van der Waals surface area contributed by atoms with Gasteiger partial charge in [0.2, 0.25) is 5.91 Å². The van der Waals surface area contributed by atoms with Gasteiger partial charge in [-0.3, -0.25) is 4.79 Å². The van der Waals surface area contributed by atoms with Crippen molar-refractivity contribution >= 4 is 17.6 Å². The van der Waals surface area contributed by atoms with E-state index >= 15 is 0 Å². The number of carbonyl (C=O) groups excluding carboxylic acids is 1. The Labute approximate surface area is 121 Å². The van der Waals surface area contributed by atoms with Crippen LogP contribution in [0.5, 0.6) is 5.75 Å². The number of carboxylic acids is 1. The first kappa shape index (κ1) is 14.6. The van der Waals surface area contributed by atoms with Crippen molar-refractivity contribution in [3.63, 3.8) is 0 Å². The SMILES string of the molecule is COc1ccc(NC(=O)Cn2c(C(=O)O)cnc2C)cc1. The average Bonchev–Trinajstić information content (AvgIpc) is 2.81. The maximum Gasteiger partial charge on any atom is 0.354 e. The van der Waals surface area contributed by atoms with Crippen LogP contribution in [0.25, 0.3) is 0 Å². The van der Waals surface area contributed by atoms with Crippen LogP contribution in [-0.2, 0) is 11.3 Å². The molecule has 0 aliphatic carbocycles. The second kappa shape index (κ2) is 6.08. The number of hydrogen-bond donors (Lipinski definition) is 2. The van der Waals surface area contributed by atoms with Crippen LogP contribution in [0.1, 0.15) is 16.3 Å². The first-order chi connectivity index (χ1) is 10.0. The van der Waals surface area contributed by atoms with Crippen LogP contribution in [0, 0.1) is 6.92 Å². The average molecular weight is 289 g/mol. The van der Waals surface area contributed by atoms with Crippen LogP contribution < -0.4 is 10.1 Å². The fourth-order valence-electron chi connectivity index (χ4n) is 1.86. The molecule has 0 saturated heterocycles. The minimum Gasteiger partial charge on any atom is -0.497 e. The lowest BCUT2D eigenvalue weighted by Gasteiger charge is -2.09. The maximum absolute atomic E-state index is 12.0. The summed E-state index contributed by atoms with van der Waals surface area (Å²) in [7, 11) is 1.56. The number of carbonyl (C=O) groups is 2. The van der Waals surface area contributed by atoms with Gasteiger partial charge in [0, 0.05) is 5.69 Å². The molecule has 0 unspecified atom stereocenters. The number of imidazole rings is 1. The van der Waals surface area contributed by atoms with Crippen molar-refractivity contribution < 1.29 is 19.4 Å². The Morgan fingerprint density at radius 1 is 1.33 bits per heavy atom. The summed E-state index contributed by atoms with van der Waals surface area (Å²) in [5.74, 6) is -0.291. The largest absolute Gasteiger partial charge is 0.497 e. The summed E-state index contributed by atoms with van der Waals surface area (Å²) in [6, 6.07) is 6.85. The molecule has 0 saturated carbocycles. The van der Waals surface area contributed by atoms with Crippen LogP contribution in [0.3, 0.4) is 0 Å². The Bertz CT molecular complexity index is 661. The third-order valence-corrected chi connectivity index (χ3v) is 2.95. The molecule has 110 valence electrons. The Hall–Kier alpha value is -2.83. The summed E-state index contributed by atoms with van der Waals surface area (Å²) < 4.78 is 6.38. The number of carboxylic acid groups (broad SMARTS) is 1. The van der Waals surface area contributed by atoms with Gasteiger partial charge in [0.15, 0.2) is 0 Å². The Morgan fingerprint density at radius 2 is 2.00 bits per heavy atom. The predicted octanol–water partition coefficient (Wildman–Crippen LogP) is 1.54. The van der Waals surface area contributed by atoms with Gasteiger partial charge in [0.05, 0.1) is 13.3 Å². The van der Waals surface area contributed by atoms with Crippen molar-refractivity contribution in [1.29, 1.82) is 0 Å². The molecule has 0 spiro atoms. The summed E-state index contributed by atoms with van der Waals surface area (Å²) >= 11 is 0. The molecule has 0 bridgehead atoms. The lowest BCUT2D eigenvalue weighted by molar-refractivity contribution is -0.116. The molecule has 2 aromatic rings. The van der Waals surface area contributed by atoms with Crippen LogP contribution >= 0.6 is 0 Å². The highest BCUT2D eigenvalue weighted by atomic mass is 16.5. The Morgan fingerprint density at radius 3 is 2.57 bits per heavy atom. The molecule has 1 aromatic heterocycles. The molecular weight excluding hydrogens is 274 g/mol. The van der Waals surface area contributed by atoms with E-state index in [0.29, 0.717) is 17.3 Å². The third kappa shape index (κ3) is 3.38. The lowest BCUT2D eigenvalue weighted by atomic mass is 10.3. The molecule has 0 radical (unpaired) electrons. The number of amides is 1. The third-order valence-electron chi connectivity index (χ3n) is 2.95. The molecule has 1 heterocycles. The molecule has 0 aliphatic heterocycles. The molecule has 0 fully saturated rings. The molecule has 2 rings (SSSR count). The van der Waals surface area contributed by atoms with Crippen molar-refractivity contribution in [2.45, 2.75) is 13.5 Å². The number of aryl methyl sites for hydroxylation is 1. The molecular formula is C14H15N3O4. The number of aromatic carboxylic acids is 1. The summed E-state index contributed by atoms with van der Waals surface area (Å²) in [5.41, 5.74) is 0.591. The number of rotatable bonds is 5. The van der Waals surface area contributed by atoms with E-state index in [1.165, 1.54) is 10.8 Å². The van der Waals surface area contributed by atoms with Gasteiger partial charge in [-0.2, -0.15) is 0 Å². The summed E-state index contributed by atoms with van der Waals surface area (Å²) in [6.45, 7) is 1.53. The molecule has 0 aliphatic rings. The van der Waals surface area contributed by atoms with Crippen LogP contribution in [-0.4, -0.2) is 33.6 Å². The minimum atomic E-state index is -1.12. The lowest BCUT2D eigenvalue weighted by Crippen LogP contribution is -2.22. The number of methoxy groups -OCH3 is 1. The molecule has 2 N–H and O–H groups in total. The van der Waals surface area contributed by atoms with Gasteiger partial charge >= 0.3 is 5.97 Å². The normalized spacial score (nSPS) is 10.2. The van der Waals surface area contributed by atoms with Crippen molar-refractivity contribution in [2.24, 2.45) is 0 Å². The number of aromatic nitrogens is 2. The number of benzene rings is 1. The van der Waals surface area contributed by atoms with E-state index in [2.05, 4.69) is 10.3 Å². The molecule has 7 nitrogen and oxygen atoms in total. The fraction of sp³-hybridized carbons (Fsp3) is 0.214. The van der Waals surface area contributed by atoms with E-state index in [1.807, 2.05) is 0 Å². The molecule has 7 heteroatoms. The number of nitrogens with zero attached hydrogens (tertiary/aromatic N) is 2. The van der Waals surface area contributed by atoms with Gasteiger partial charge in [-0.25, -0.2) is 9.78 Å². The van der Waals surface area contributed by atoms with Gasteiger partial charge < -0.3 is 19.7 Å². The minimum absolute atomic E-state index is 0.0163. The second-order valence-electron chi connectivity index (χ2n) is 4.36. The highest BCUT2D eigenvalue weighted by Gasteiger charge is 2.15. The maximum atomic E-state index is 12.0. The van der Waals surface area contributed by atoms with Gasteiger partial charge in [-0.15, -0.1) is 0 Å². The van der Waals surface area contributed by atoms with Crippen LogP contribution in [0.4, 0.5) is 5.69 Å². The predicted molar refractivity (Wildman–Crippen MR) is 75.5 cm³/mol. The van der Waals surface area contributed by atoms with Crippen molar-refractivity contribution in [2.75, 3.05) is 12.4 Å². The first-order valence-corrected chi connectivity index (χ1v) is 6.20. The standard InChI is InChI=1S/C14H15N3O4/c1-9-15-7-12(14(19)20)17(9)8-13(18)16-10-3-5-11(21-2)6-4-10/h3-7H,8H2,1-2H3,(H,16,18)(H,19,20). The smallest absolute Gasteiger partial charge is 0.354 e. The van der Waals surface area contributed by atoms with Crippen molar-refractivity contribution in [3.05, 3.63) is 42.0 Å².